The summed E-state index contributed by atoms with van der Waals surface area (Å²) in [5, 5.41) is 1.54. The Hall–Kier alpha value is -1.31. The van der Waals surface area contributed by atoms with Crippen molar-refractivity contribution in [2.75, 3.05) is 6.54 Å². The standard InChI is InChI=1S/C18H17Cl2N/c19-16-7-4-8-17(20)15(16)11-13-9-10-21-18(12-13)14-5-2-1-3-6-14/h1-8,13H,9-12H2. The molecule has 0 fully saturated rings. The number of rotatable bonds is 3. The summed E-state index contributed by atoms with van der Waals surface area (Å²) in [6, 6.07) is 16.1. The lowest BCUT2D eigenvalue weighted by Gasteiger charge is -2.23. The van der Waals surface area contributed by atoms with Crippen molar-refractivity contribution in [2.45, 2.75) is 19.3 Å². The van der Waals surface area contributed by atoms with Crippen molar-refractivity contribution in [3.63, 3.8) is 0 Å². The van der Waals surface area contributed by atoms with Crippen molar-refractivity contribution in [1.82, 2.24) is 0 Å². The van der Waals surface area contributed by atoms with Crippen LogP contribution in [0.3, 0.4) is 0 Å². The van der Waals surface area contributed by atoms with E-state index in [4.69, 9.17) is 23.2 Å². The Balaban J connectivity index is 1.76. The van der Waals surface area contributed by atoms with Crippen molar-refractivity contribution >= 4 is 28.9 Å². The van der Waals surface area contributed by atoms with Crippen LogP contribution in [0.5, 0.6) is 0 Å². The molecule has 21 heavy (non-hydrogen) atoms. The molecule has 0 aliphatic carbocycles. The first kappa shape index (κ1) is 14.6. The second kappa shape index (κ2) is 6.64. The lowest BCUT2D eigenvalue weighted by Crippen LogP contribution is -2.19. The Morgan fingerprint density at radius 3 is 2.38 bits per heavy atom. The molecule has 0 aromatic heterocycles. The van der Waals surface area contributed by atoms with E-state index in [0.29, 0.717) is 5.92 Å². The number of aliphatic imine (C=N–C) groups is 1. The van der Waals surface area contributed by atoms with Gasteiger partial charge in [0.05, 0.1) is 0 Å². The first-order chi connectivity index (χ1) is 10.2. The van der Waals surface area contributed by atoms with Crippen LogP contribution in [0, 0.1) is 5.92 Å². The summed E-state index contributed by atoms with van der Waals surface area (Å²) >= 11 is 12.6. The minimum absolute atomic E-state index is 0.551. The lowest BCUT2D eigenvalue weighted by atomic mass is 9.87. The molecule has 1 unspecified atom stereocenters. The minimum atomic E-state index is 0.551. The molecular weight excluding hydrogens is 301 g/mol. The van der Waals surface area contributed by atoms with Crippen LogP contribution in [0.2, 0.25) is 10.0 Å². The highest BCUT2D eigenvalue weighted by molar-refractivity contribution is 6.36. The van der Waals surface area contributed by atoms with Gasteiger partial charge in [-0.25, -0.2) is 0 Å². The van der Waals surface area contributed by atoms with Crippen LogP contribution in [0.4, 0.5) is 0 Å². The molecule has 0 amide bonds. The normalized spacial score (nSPS) is 18.4. The summed E-state index contributed by atoms with van der Waals surface area (Å²) in [7, 11) is 0. The summed E-state index contributed by atoms with van der Waals surface area (Å²) in [5.74, 6) is 0.551. The molecule has 0 spiro atoms. The maximum absolute atomic E-state index is 6.29. The van der Waals surface area contributed by atoms with Crippen LogP contribution in [-0.4, -0.2) is 12.3 Å². The monoisotopic (exact) mass is 317 g/mol. The van der Waals surface area contributed by atoms with E-state index in [9.17, 15) is 0 Å². The smallest absolute Gasteiger partial charge is 0.0452 e. The number of nitrogens with zero attached hydrogens (tertiary/aromatic N) is 1. The fourth-order valence-corrected chi connectivity index (χ4v) is 3.40. The topological polar surface area (TPSA) is 12.4 Å². The van der Waals surface area contributed by atoms with Gasteiger partial charge < -0.3 is 0 Å². The molecule has 0 saturated heterocycles. The molecular formula is C18H17Cl2N. The van der Waals surface area contributed by atoms with Gasteiger partial charge in [0.2, 0.25) is 0 Å². The van der Waals surface area contributed by atoms with E-state index in [1.54, 1.807) is 0 Å². The maximum atomic E-state index is 6.29. The van der Waals surface area contributed by atoms with Crippen molar-refractivity contribution in [3.8, 4) is 0 Å². The molecule has 1 atom stereocenters. The molecule has 3 heteroatoms. The summed E-state index contributed by atoms with van der Waals surface area (Å²) in [6.45, 7) is 0.886. The predicted molar refractivity (Wildman–Crippen MR) is 90.7 cm³/mol. The summed E-state index contributed by atoms with van der Waals surface area (Å²) in [5.41, 5.74) is 3.50. The van der Waals surface area contributed by atoms with E-state index < -0.39 is 0 Å². The van der Waals surface area contributed by atoms with E-state index in [1.165, 1.54) is 11.3 Å². The highest BCUT2D eigenvalue weighted by atomic mass is 35.5. The number of hydrogen-bond donors (Lipinski definition) is 0. The zero-order valence-corrected chi connectivity index (χ0v) is 13.2. The van der Waals surface area contributed by atoms with Crippen LogP contribution in [-0.2, 0) is 6.42 Å². The average molecular weight is 318 g/mol. The molecule has 0 radical (unpaired) electrons. The third-order valence-electron chi connectivity index (χ3n) is 3.98. The molecule has 108 valence electrons. The van der Waals surface area contributed by atoms with Crippen molar-refractivity contribution < 1.29 is 0 Å². The van der Waals surface area contributed by atoms with E-state index in [1.807, 2.05) is 24.3 Å². The van der Waals surface area contributed by atoms with E-state index >= 15 is 0 Å². The van der Waals surface area contributed by atoms with Gasteiger partial charge in [-0.05, 0) is 48.4 Å². The van der Waals surface area contributed by atoms with Gasteiger partial charge in [0.15, 0.2) is 0 Å². The van der Waals surface area contributed by atoms with E-state index in [2.05, 4.69) is 29.3 Å². The van der Waals surface area contributed by atoms with Gasteiger partial charge in [-0.2, -0.15) is 0 Å². The zero-order valence-electron chi connectivity index (χ0n) is 11.7. The molecule has 2 aromatic carbocycles. The van der Waals surface area contributed by atoms with Gasteiger partial charge in [-0.3, -0.25) is 4.99 Å². The zero-order chi connectivity index (χ0) is 14.7. The average Bonchev–Trinajstić information content (AvgIpc) is 2.52. The van der Waals surface area contributed by atoms with Gasteiger partial charge in [0.25, 0.3) is 0 Å². The third kappa shape index (κ3) is 3.48. The van der Waals surface area contributed by atoms with Crippen molar-refractivity contribution in [1.29, 1.82) is 0 Å². The molecule has 1 aliphatic rings. The van der Waals surface area contributed by atoms with Crippen molar-refractivity contribution in [2.24, 2.45) is 10.9 Å². The maximum Gasteiger partial charge on any atom is 0.0452 e. The molecule has 0 saturated carbocycles. The van der Waals surface area contributed by atoms with Gasteiger partial charge >= 0.3 is 0 Å². The first-order valence-electron chi connectivity index (χ1n) is 7.25. The summed E-state index contributed by atoms with van der Waals surface area (Å²) in [4.78, 5) is 4.69. The Bertz CT molecular complexity index is 629. The molecule has 0 bridgehead atoms. The molecule has 1 heterocycles. The Morgan fingerprint density at radius 1 is 0.952 bits per heavy atom. The number of halogens is 2. The SMILES string of the molecule is Clc1cccc(Cl)c1CC1CCN=C(c2ccccc2)C1. The van der Waals surface area contributed by atoms with Gasteiger partial charge in [-0.1, -0.05) is 59.6 Å². The molecule has 3 rings (SSSR count). The highest BCUT2D eigenvalue weighted by Crippen LogP contribution is 2.30. The fraction of sp³-hybridized carbons (Fsp3) is 0.278. The molecule has 0 N–H and O–H groups in total. The highest BCUT2D eigenvalue weighted by Gasteiger charge is 2.20. The number of hydrogen-bond acceptors (Lipinski definition) is 1. The van der Waals surface area contributed by atoms with E-state index in [0.717, 1.165) is 41.4 Å². The van der Waals surface area contributed by atoms with Gasteiger partial charge in [-0.15, -0.1) is 0 Å². The van der Waals surface area contributed by atoms with Gasteiger partial charge in [0, 0.05) is 22.3 Å². The van der Waals surface area contributed by atoms with Crippen molar-refractivity contribution in [3.05, 3.63) is 69.7 Å². The molecule has 1 aliphatic heterocycles. The lowest BCUT2D eigenvalue weighted by molar-refractivity contribution is 0.491. The van der Waals surface area contributed by atoms with Crippen LogP contribution < -0.4 is 0 Å². The predicted octanol–water partition coefficient (Wildman–Crippen LogP) is 5.44. The summed E-state index contributed by atoms with van der Waals surface area (Å²) in [6.07, 6.45) is 3.01. The second-order valence-corrected chi connectivity index (χ2v) is 6.27. The molecule has 1 nitrogen and oxygen atoms in total. The first-order valence-corrected chi connectivity index (χ1v) is 8.01. The summed E-state index contributed by atoms with van der Waals surface area (Å²) < 4.78 is 0. The Labute approximate surface area is 135 Å². The quantitative estimate of drug-likeness (QED) is 0.715. The second-order valence-electron chi connectivity index (χ2n) is 5.46. The van der Waals surface area contributed by atoms with Crippen LogP contribution in [0.1, 0.15) is 24.0 Å². The van der Waals surface area contributed by atoms with Crippen LogP contribution in [0.15, 0.2) is 53.5 Å². The van der Waals surface area contributed by atoms with E-state index in [-0.39, 0.29) is 0 Å². The Morgan fingerprint density at radius 2 is 1.67 bits per heavy atom. The Kier molecular flexibility index (Phi) is 4.62. The fourth-order valence-electron chi connectivity index (χ4n) is 2.85. The van der Waals surface area contributed by atoms with Crippen LogP contribution >= 0.6 is 23.2 Å². The number of benzene rings is 2. The largest absolute Gasteiger partial charge is 0.289 e. The minimum Gasteiger partial charge on any atom is -0.289 e. The van der Waals surface area contributed by atoms with Gasteiger partial charge in [0.1, 0.15) is 0 Å². The molecule has 2 aromatic rings. The third-order valence-corrected chi connectivity index (χ3v) is 4.69. The van der Waals surface area contributed by atoms with Crippen LogP contribution in [0.25, 0.3) is 0 Å².